The van der Waals surface area contributed by atoms with Crippen molar-refractivity contribution < 1.29 is 14.4 Å². The summed E-state index contributed by atoms with van der Waals surface area (Å²) >= 11 is 0. The molecule has 0 aromatic carbocycles. The molecular weight excluding hydrogens is 318 g/mol. The molecule has 0 aromatic heterocycles. The Balaban J connectivity index is 1.32. The minimum atomic E-state index is -0.798. The maximum atomic E-state index is 13.0. The quantitative estimate of drug-likeness (QED) is 0.792. The van der Waals surface area contributed by atoms with Gasteiger partial charge in [-0.1, -0.05) is 0 Å². The molecule has 136 valence electrons. The minimum Gasteiger partial charge on any atom is -0.338 e. The third-order valence-corrected chi connectivity index (χ3v) is 7.42. The van der Waals surface area contributed by atoms with Gasteiger partial charge in [-0.05, 0) is 75.5 Å². The van der Waals surface area contributed by atoms with E-state index in [4.69, 9.17) is 0 Å². The van der Waals surface area contributed by atoms with Gasteiger partial charge in [-0.2, -0.15) is 0 Å². The van der Waals surface area contributed by atoms with Crippen LogP contribution < -0.4 is 5.32 Å². The fourth-order valence-electron chi connectivity index (χ4n) is 6.11. The number of carbonyl (C=O) groups is 3. The summed E-state index contributed by atoms with van der Waals surface area (Å²) in [6.07, 6.45) is 8.00. The van der Waals surface area contributed by atoms with Crippen LogP contribution in [-0.2, 0) is 9.59 Å². The number of nitrogens with zero attached hydrogens (tertiary/aromatic N) is 2. The summed E-state index contributed by atoms with van der Waals surface area (Å²) in [4.78, 5) is 41.3. The zero-order valence-corrected chi connectivity index (χ0v) is 14.9. The number of hydrogen-bond donors (Lipinski definition) is 1. The second kappa shape index (κ2) is 5.21. The Morgan fingerprint density at radius 3 is 2.36 bits per heavy atom. The highest BCUT2D eigenvalue weighted by Gasteiger charge is 2.56. The summed E-state index contributed by atoms with van der Waals surface area (Å²) < 4.78 is 0. The average molecular weight is 345 g/mol. The van der Waals surface area contributed by atoms with Crippen LogP contribution in [0.1, 0.15) is 51.9 Å². The van der Waals surface area contributed by atoms with E-state index in [0.29, 0.717) is 12.0 Å². The number of fused-ring (bicyclic) bond motifs is 1. The summed E-state index contributed by atoms with van der Waals surface area (Å²) in [5.74, 6) is 2.13. The molecule has 4 amide bonds. The van der Waals surface area contributed by atoms with Crippen molar-refractivity contribution in [3.8, 4) is 0 Å². The van der Waals surface area contributed by atoms with Crippen LogP contribution in [0.4, 0.5) is 4.79 Å². The molecule has 6 nitrogen and oxygen atoms in total. The molecule has 3 aliphatic carbocycles. The Bertz CT molecular complexity index is 632. The monoisotopic (exact) mass is 345 g/mol. The van der Waals surface area contributed by atoms with E-state index in [1.165, 1.54) is 19.3 Å². The summed E-state index contributed by atoms with van der Waals surface area (Å²) in [6.45, 7) is 2.54. The molecule has 3 saturated carbocycles. The molecule has 3 heterocycles. The van der Waals surface area contributed by atoms with Gasteiger partial charge in [-0.15, -0.1) is 0 Å². The van der Waals surface area contributed by atoms with Gasteiger partial charge in [-0.3, -0.25) is 14.5 Å². The van der Waals surface area contributed by atoms with Gasteiger partial charge in [0.2, 0.25) is 5.91 Å². The highest BCUT2D eigenvalue weighted by atomic mass is 16.2. The number of imide groups is 1. The highest BCUT2D eigenvalue weighted by molar-refractivity contribution is 6.09. The second-order valence-electron chi connectivity index (χ2n) is 9.27. The first-order valence-corrected chi connectivity index (χ1v) is 9.87. The van der Waals surface area contributed by atoms with Crippen LogP contribution in [0.2, 0.25) is 0 Å². The van der Waals surface area contributed by atoms with Crippen molar-refractivity contribution in [3.63, 3.8) is 0 Å². The maximum Gasteiger partial charge on any atom is 0.325 e. The molecule has 3 unspecified atom stereocenters. The van der Waals surface area contributed by atoms with Gasteiger partial charge in [-0.25, -0.2) is 4.79 Å². The molecule has 0 radical (unpaired) electrons. The number of carbonyl (C=O) groups excluding carboxylic acids is 3. The molecule has 3 aliphatic heterocycles. The molecule has 0 spiro atoms. The molecular formula is C19H27N3O3. The van der Waals surface area contributed by atoms with Gasteiger partial charge in [0.05, 0.1) is 0 Å². The zero-order valence-electron chi connectivity index (χ0n) is 14.9. The highest BCUT2D eigenvalue weighted by Crippen LogP contribution is 2.47. The Kier molecular flexibility index (Phi) is 3.26. The molecule has 3 atom stereocenters. The van der Waals surface area contributed by atoms with Crippen molar-refractivity contribution in [2.75, 3.05) is 13.1 Å². The number of amides is 4. The van der Waals surface area contributed by atoms with E-state index in [-0.39, 0.29) is 24.3 Å². The third-order valence-electron chi connectivity index (χ3n) is 7.42. The van der Waals surface area contributed by atoms with E-state index in [1.54, 1.807) is 0 Å². The molecule has 6 rings (SSSR count). The molecule has 4 bridgehead atoms. The number of hydrogen-bond acceptors (Lipinski definition) is 3. The van der Waals surface area contributed by atoms with Crippen LogP contribution in [-0.4, -0.2) is 52.3 Å². The largest absolute Gasteiger partial charge is 0.338 e. The molecule has 3 saturated heterocycles. The van der Waals surface area contributed by atoms with Crippen LogP contribution in [0.15, 0.2) is 0 Å². The Labute approximate surface area is 148 Å². The average Bonchev–Trinajstić information content (AvgIpc) is 3.38. The first-order valence-electron chi connectivity index (χ1n) is 9.87. The SMILES string of the molecule is CC1(C2CC2)NC(=O)N(CC(=O)N2CC3CC4CC(C3)CC2C4)C1=O. The maximum absolute atomic E-state index is 13.0. The van der Waals surface area contributed by atoms with E-state index in [1.807, 2.05) is 11.8 Å². The van der Waals surface area contributed by atoms with Gasteiger partial charge in [0.15, 0.2) is 0 Å². The molecule has 0 aromatic rings. The van der Waals surface area contributed by atoms with Gasteiger partial charge in [0.25, 0.3) is 5.91 Å². The van der Waals surface area contributed by atoms with Crippen molar-refractivity contribution >= 4 is 17.8 Å². The molecule has 6 fully saturated rings. The molecule has 6 aliphatic rings. The fraction of sp³-hybridized carbons (Fsp3) is 0.842. The summed E-state index contributed by atoms with van der Waals surface area (Å²) in [6, 6.07) is -0.0762. The fourth-order valence-corrected chi connectivity index (χ4v) is 6.11. The third kappa shape index (κ3) is 2.40. The number of nitrogens with one attached hydrogen (secondary N) is 1. The summed E-state index contributed by atoms with van der Waals surface area (Å²) in [5.41, 5.74) is -0.798. The van der Waals surface area contributed by atoms with Gasteiger partial charge in [0.1, 0.15) is 12.1 Å². The summed E-state index contributed by atoms with van der Waals surface area (Å²) in [7, 11) is 0. The van der Waals surface area contributed by atoms with Crippen molar-refractivity contribution in [1.29, 1.82) is 0 Å². The smallest absolute Gasteiger partial charge is 0.325 e. The van der Waals surface area contributed by atoms with Crippen molar-refractivity contribution in [2.45, 2.75) is 63.5 Å². The van der Waals surface area contributed by atoms with Gasteiger partial charge >= 0.3 is 6.03 Å². The number of urea groups is 1. The molecule has 25 heavy (non-hydrogen) atoms. The van der Waals surface area contributed by atoms with Gasteiger partial charge in [0, 0.05) is 12.6 Å². The van der Waals surface area contributed by atoms with E-state index in [2.05, 4.69) is 5.32 Å². The topological polar surface area (TPSA) is 69.7 Å². The Hall–Kier alpha value is -1.59. The van der Waals surface area contributed by atoms with Crippen LogP contribution in [0.5, 0.6) is 0 Å². The lowest BCUT2D eigenvalue weighted by Crippen LogP contribution is -2.49. The lowest BCUT2D eigenvalue weighted by atomic mass is 9.68. The molecule has 1 N–H and O–H groups in total. The summed E-state index contributed by atoms with van der Waals surface area (Å²) in [5, 5.41) is 2.84. The minimum absolute atomic E-state index is 0.0400. The molecule has 6 heteroatoms. The van der Waals surface area contributed by atoms with E-state index < -0.39 is 11.6 Å². The first kappa shape index (κ1) is 15.6. The standard InChI is InChI=1S/C19H27N3O3/c1-19(14-2-3-14)17(24)22(18(25)20-19)10-16(23)21-9-13-5-11-4-12(6-13)8-15(21)7-11/h11-15H,2-10H2,1H3,(H,20,25). The van der Waals surface area contributed by atoms with Crippen molar-refractivity contribution in [3.05, 3.63) is 0 Å². The predicted molar refractivity (Wildman–Crippen MR) is 90.4 cm³/mol. The first-order chi connectivity index (χ1) is 11.9. The van der Waals surface area contributed by atoms with Crippen LogP contribution in [0.3, 0.4) is 0 Å². The van der Waals surface area contributed by atoms with E-state index in [0.717, 1.165) is 49.0 Å². The predicted octanol–water partition coefficient (Wildman–Crippen LogP) is 1.74. The van der Waals surface area contributed by atoms with Crippen molar-refractivity contribution in [1.82, 2.24) is 15.1 Å². The van der Waals surface area contributed by atoms with Crippen LogP contribution in [0, 0.1) is 23.7 Å². The van der Waals surface area contributed by atoms with E-state index in [9.17, 15) is 14.4 Å². The Morgan fingerprint density at radius 1 is 1.08 bits per heavy atom. The van der Waals surface area contributed by atoms with Gasteiger partial charge < -0.3 is 10.2 Å². The number of rotatable bonds is 3. The second-order valence-corrected chi connectivity index (χ2v) is 9.27. The lowest BCUT2D eigenvalue weighted by molar-refractivity contribution is -0.140. The Morgan fingerprint density at radius 2 is 1.72 bits per heavy atom. The van der Waals surface area contributed by atoms with E-state index >= 15 is 0 Å². The zero-order chi connectivity index (χ0) is 17.3. The van der Waals surface area contributed by atoms with Crippen molar-refractivity contribution in [2.24, 2.45) is 23.7 Å². The van der Waals surface area contributed by atoms with Crippen LogP contribution >= 0.6 is 0 Å². The lowest BCUT2D eigenvalue weighted by Gasteiger charge is -2.39. The van der Waals surface area contributed by atoms with Crippen LogP contribution in [0.25, 0.3) is 0 Å². The normalized spacial score (nSPS) is 42.8.